The van der Waals surface area contributed by atoms with Crippen molar-refractivity contribution >= 4 is 15.8 Å². The summed E-state index contributed by atoms with van der Waals surface area (Å²) in [6, 6.07) is 4.36. The van der Waals surface area contributed by atoms with Crippen LogP contribution in [-0.2, 0) is 10.1 Å². The molecule has 9 heteroatoms. The van der Waals surface area contributed by atoms with Crippen molar-refractivity contribution in [2.75, 3.05) is 19.0 Å². The Labute approximate surface area is 158 Å². The maximum absolute atomic E-state index is 11.8. The predicted octanol–water partition coefficient (Wildman–Crippen LogP) is -1.93. The van der Waals surface area contributed by atoms with Crippen LogP contribution in [0.5, 0.6) is 5.75 Å². The van der Waals surface area contributed by atoms with Gasteiger partial charge in [0.2, 0.25) is 0 Å². The summed E-state index contributed by atoms with van der Waals surface area (Å²) in [4.78, 5) is 1.62. The molecule has 0 radical (unpaired) electrons. The number of ether oxygens (including phenoxy) is 1. The van der Waals surface area contributed by atoms with Gasteiger partial charge in [-0.25, -0.2) is 0 Å². The van der Waals surface area contributed by atoms with E-state index in [4.69, 9.17) is 4.74 Å². The van der Waals surface area contributed by atoms with Gasteiger partial charge in [-0.05, 0) is 24.6 Å². The van der Waals surface area contributed by atoms with Gasteiger partial charge < -0.3 is 16.6 Å². The summed E-state index contributed by atoms with van der Waals surface area (Å²) < 4.78 is 38.2. The van der Waals surface area contributed by atoms with E-state index in [1.807, 2.05) is 0 Å². The van der Waals surface area contributed by atoms with Crippen molar-refractivity contribution in [1.82, 2.24) is 4.90 Å². The van der Waals surface area contributed by atoms with Crippen LogP contribution in [0.1, 0.15) is 19.6 Å². The van der Waals surface area contributed by atoms with Crippen LogP contribution in [0.15, 0.2) is 30.4 Å². The number of rotatable bonds is 2. The molecule has 3 atom stereocenters. The topological polar surface area (TPSA) is 99.1 Å². The first-order chi connectivity index (χ1) is 10.3. The van der Waals surface area contributed by atoms with E-state index in [1.54, 1.807) is 23.1 Å². The molecule has 2 aliphatic heterocycles. The van der Waals surface area contributed by atoms with Gasteiger partial charge in [-0.15, -0.1) is 0 Å². The summed E-state index contributed by atoms with van der Waals surface area (Å²) >= 11 is 0. The smallest absolute Gasteiger partial charge is 1.00 e. The van der Waals surface area contributed by atoms with Gasteiger partial charge in [0.05, 0.1) is 13.2 Å². The van der Waals surface area contributed by atoms with Crippen LogP contribution in [0.3, 0.4) is 0 Å². The third-order valence-electron chi connectivity index (χ3n) is 4.15. The van der Waals surface area contributed by atoms with E-state index in [0.717, 1.165) is 5.57 Å². The molecule has 0 spiro atoms. The number of nitrogens with zero attached hydrogens (tertiary/aromatic N) is 1. The van der Waals surface area contributed by atoms with Crippen LogP contribution >= 0.6 is 0 Å². The maximum atomic E-state index is 11.8. The molecule has 0 aliphatic carbocycles. The minimum Gasteiger partial charge on any atom is -1.00 e. The SMILES string of the molecule is C=C1CC2C(S(=O)(=O)O)Nc3ccc(OC)cc3C(O)N2C1.[H-].[Na+]. The van der Waals surface area contributed by atoms with Crippen LogP contribution in [-0.4, -0.2) is 48.0 Å². The van der Waals surface area contributed by atoms with E-state index >= 15 is 0 Å². The van der Waals surface area contributed by atoms with Gasteiger partial charge in [0, 0.05) is 17.8 Å². The Morgan fingerprint density at radius 3 is 2.78 bits per heavy atom. The van der Waals surface area contributed by atoms with Crippen molar-refractivity contribution in [3.63, 3.8) is 0 Å². The summed E-state index contributed by atoms with van der Waals surface area (Å²) in [5.41, 5.74) is 1.77. The minimum atomic E-state index is -4.34. The largest absolute Gasteiger partial charge is 1.00 e. The third kappa shape index (κ3) is 3.43. The Kier molecular flexibility index (Phi) is 5.47. The molecule has 23 heavy (non-hydrogen) atoms. The van der Waals surface area contributed by atoms with E-state index in [-0.39, 0.29) is 31.0 Å². The molecule has 0 amide bonds. The second kappa shape index (κ2) is 6.72. The standard InChI is InChI=1S/C14H18N2O5S.Na.H/c1-8-5-12-13(22(18,19)20)15-11-4-3-9(21-2)6-10(11)14(17)16(12)7-8;;/h3-4,6,12-15,17H,1,5,7H2,2H3,(H,18,19,20);;/q;+1;-1. The van der Waals surface area contributed by atoms with Gasteiger partial charge >= 0.3 is 29.6 Å². The van der Waals surface area contributed by atoms with E-state index < -0.39 is 27.8 Å². The molecule has 3 unspecified atom stereocenters. The number of benzene rings is 1. The molecule has 122 valence electrons. The first kappa shape index (κ1) is 18.7. The Morgan fingerprint density at radius 2 is 2.17 bits per heavy atom. The zero-order valence-corrected chi connectivity index (χ0v) is 15.9. The average Bonchev–Trinajstić information content (AvgIpc) is 2.79. The van der Waals surface area contributed by atoms with E-state index in [2.05, 4.69) is 11.9 Å². The summed E-state index contributed by atoms with van der Waals surface area (Å²) in [6.07, 6.45) is -0.617. The first-order valence-corrected chi connectivity index (χ1v) is 8.33. The van der Waals surface area contributed by atoms with Gasteiger partial charge in [0.25, 0.3) is 10.1 Å². The number of methoxy groups -OCH3 is 1. The van der Waals surface area contributed by atoms with E-state index in [9.17, 15) is 18.1 Å². The monoisotopic (exact) mass is 350 g/mol. The van der Waals surface area contributed by atoms with Crippen LogP contribution in [0.2, 0.25) is 0 Å². The first-order valence-electron chi connectivity index (χ1n) is 6.82. The maximum Gasteiger partial charge on any atom is 1.00 e. The number of fused-ring (bicyclic) bond motifs is 2. The second-order valence-corrected chi connectivity index (χ2v) is 7.14. The fourth-order valence-electron chi connectivity index (χ4n) is 3.12. The van der Waals surface area contributed by atoms with Gasteiger partial charge in [-0.1, -0.05) is 12.2 Å². The summed E-state index contributed by atoms with van der Waals surface area (Å²) in [7, 11) is -2.83. The van der Waals surface area contributed by atoms with Gasteiger partial charge in [-0.2, -0.15) is 8.42 Å². The molecule has 3 rings (SSSR count). The minimum absolute atomic E-state index is 0. The molecule has 3 N–H and O–H groups in total. The summed E-state index contributed by atoms with van der Waals surface area (Å²) in [6.45, 7) is 4.24. The second-order valence-electron chi connectivity index (χ2n) is 5.60. The van der Waals surface area contributed by atoms with Crippen molar-refractivity contribution in [2.45, 2.75) is 24.1 Å². The number of hydrogen-bond acceptors (Lipinski definition) is 6. The fourth-order valence-corrected chi connectivity index (χ4v) is 4.04. The van der Waals surface area contributed by atoms with Crippen LogP contribution < -0.4 is 39.6 Å². The Morgan fingerprint density at radius 1 is 1.48 bits per heavy atom. The Hall–Kier alpha value is -0.610. The van der Waals surface area contributed by atoms with Crippen molar-refractivity contribution < 1.29 is 53.8 Å². The van der Waals surface area contributed by atoms with E-state index in [1.165, 1.54) is 7.11 Å². The van der Waals surface area contributed by atoms with Gasteiger partial charge in [0.1, 0.15) is 12.0 Å². The summed E-state index contributed by atoms with van der Waals surface area (Å²) in [5.74, 6) is 0.555. The average molecular weight is 350 g/mol. The molecule has 1 aromatic carbocycles. The van der Waals surface area contributed by atoms with Crippen molar-refractivity contribution in [2.24, 2.45) is 0 Å². The normalized spacial score (nSPS) is 27.3. The molecular formula is C14H19N2NaO5S. The molecule has 0 bridgehead atoms. The number of nitrogens with one attached hydrogen (secondary N) is 1. The van der Waals surface area contributed by atoms with Crippen molar-refractivity contribution in [1.29, 1.82) is 0 Å². The van der Waals surface area contributed by atoms with Gasteiger partial charge in [-0.3, -0.25) is 9.45 Å². The number of aliphatic hydroxyl groups excluding tert-OH is 1. The number of anilines is 1. The molecule has 2 aliphatic rings. The van der Waals surface area contributed by atoms with Gasteiger partial charge in [0.15, 0.2) is 5.37 Å². The molecule has 1 fully saturated rings. The third-order valence-corrected chi connectivity index (χ3v) is 5.22. The van der Waals surface area contributed by atoms with Crippen LogP contribution in [0.25, 0.3) is 0 Å². The molecule has 2 heterocycles. The molecule has 0 aromatic heterocycles. The molecule has 1 aromatic rings. The van der Waals surface area contributed by atoms with E-state index in [0.29, 0.717) is 30.0 Å². The predicted molar refractivity (Wildman–Crippen MR) is 82.3 cm³/mol. The van der Waals surface area contributed by atoms with Crippen LogP contribution in [0, 0.1) is 0 Å². The zero-order valence-electron chi connectivity index (χ0n) is 14.1. The van der Waals surface area contributed by atoms with Crippen molar-refractivity contribution in [3.05, 3.63) is 35.9 Å². The summed E-state index contributed by atoms with van der Waals surface area (Å²) in [5, 5.41) is 12.3. The molecule has 0 saturated carbocycles. The van der Waals surface area contributed by atoms with Crippen molar-refractivity contribution in [3.8, 4) is 5.75 Å². The molecule has 1 saturated heterocycles. The zero-order chi connectivity index (χ0) is 16.1. The number of hydrogen-bond donors (Lipinski definition) is 3. The molecular weight excluding hydrogens is 331 g/mol. The quantitative estimate of drug-likeness (QED) is 0.325. The molecule has 7 nitrogen and oxygen atoms in total. The number of aliphatic hydroxyl groups is 1. The fraction of sp³-hybridized carbons (Fsp3) is 0.429. The van der Waals surface area contributed by atoms with Crippen LogP contribution in [0.4, 0.5) is 5.69 Å². The Balaban J connectivity index is 0.00000144. The Bertz CT molecular complexity index is 730.